The number of rotatable bonds is 9. The van der Waals surface area contributed by atoms with Crippen molar-refractivity contribution < 1.29 is 14.3 Å². The highest BCUT2D eigenvalue weighted by atomic mass is 16.5. The lowest BCUT2D eigenvalue weighted by molar-refractivity contribution is -0.132. The van der Waals surface area contributed by atoms with E-state index >= 15 is 0 Å². The van der Waals surface area contributed by atoms with E-state index in [2.05, 4.69) is 10.1 Å². The predicted molar refractivity (Wildman–Crippen MR) is 110 cm³/mol. The van der Waals surface area contributed by atoms with E-state index in [0.717, 1.165) is 22.7 Å². The molecule has 0 spiro atoms. The summed E-state index contributed by atoms with van der Waals surface area (Å²) in [6.07, 6.45) is 4.25. The number of ether oxygens (including phenoxy) is 2. The molecule has 7 nitrogen and oxygen atoms in total. The van der Waals surface area contributed by atoms with Crippen molar-refractivity contribution in [3.63, 3.8) is 0 Å². The van der Waals surface area contributed by atoms with Gasteiger partial charge in [0.2, 0.25) is 5.91 Å². The van der Waals surface area contributed by atoms with Gasteiger partial charge in [-0.05, 0) is 55.3 Å². The molecule has 29 heavy (non-hydrogen) atoms. The third-order valence-corrected chi connectivity index (χ3v) is 4.90. The first-order valence-corrected chi connectivity index (χ1v) is 9.56. The Kier molecular flexibility index (Phi) is 6.84. The molecular weight excluding hydrogens is 368 g/mol. The average molecular weight is 394 g/mol. The summed E-state index contributed by atoms with van der Waals surface area (Å²) in [4.78, 5) is 18.3. The quantitative estimate of drug-likeness (QED) is 0.518. The molecule has 0 bridgehead atoms. The summed E-state index contributed by atoms with van der Waals surface area (Å²) in [5, 5.41) is 4.12. The molecule has 1 heterocycles. The van der Waals surface area contributed by atoms with E-state index in [0.29, 0.717) is 19.4 Å². The Labute approximate surface area is 170 Å². The molecule has 0 N–H and O–H groups in total. The molecule has 152 valence electrons. The van der Waals surface area contributed by atoms with Crippen molar-refractivity contribution in [1.82, 2.24) is 19.7 Å². The molecule has 2 aromatic carbocycles. The Morgan fingerprint density at radius 1 is 1.10 bits per heavy atom. The zero-order valence-electron chi connectivity index (χ0n) is 17.0. The van der Waals surface area contributed by atoms with Crippen LogP contribution in [-0.4, -0.2) is 46.3 Å². The Balaban J connectivity index is 1.46. The molecule has 0 aliphatic carbocycles. The zero-order chi connectivity index (χ0) is 20.6. The van der Waals surface area contributed by atoms with Crippen LogP contribution >= 0.6 is 0 Å². The van der Waals surface area contributed by atoms with Gasteiger partial charge in [0.25, 0.3) is 0 Å². The maximum Gasteiger partial charge on any atom is 0.222 e. The van der Waals surface area contributed by atoms with Crippen LogP contribution in [0.2, 0.25) is 0 Å². The highest BCUT2D eigenvalue weighted by Gasteiger charge is 2.17. The first-order chi connectivity index (χ1) is 14.1. The van der Waals surface area contributed by atoms with E-state index in [9.17, 15) is 4.79 Å². The lowest BCUT2D eigenvalue weighted by Crippen LogP contribution is -2.29. The lowest BCUT2D eigenvalue weighted by atomic mass is 10.1. The number of benzene rings is 2. The minimum absolute atomic E-state index is 0.0187. The zero-order valence-corrected chi connectivity index (χ0v) is 17.0. The average Bonchev–Trinajstić information content (AvgIpc) is 3.31. The number of amides is 1. The van der Waals surface area contributed by atoms with Gasteiger partial charge in [-0.25, -0.2) is 9.67 Å². The standard InChI is InChI=1S/C22H26N4O3/c1-17(18-6-8-19(9-7-18)26-16-23-15-24-26)25(2)22(27)5-4-14-29-21-12-10-20(28-3)11-13-21/h6-13,15-17H,4-5,14H2,1-3H3/t17-/m0/s1. The molecule has 3 aromatic rings. The smallest absolute Gasteiger partial charge is 0.222 e. The minimum atomic E-state index is -0.0187. The van der Waals surface area contributed by atoms with Gasteiger partial charge < -0.3 is 14.4 Å². The third-order valence-electron chi connectivity index (χ3n) is 4.90. The maximum absolute atomic E-state index is 12.5. The van der Waals surface area contributed by atoms with Crippen LogP contribution in [0.15, 0.2) is 61.2 Å². The summed E-state index contributed by atoms with van der Waals surface area (Å²) in [6, 6.07) is 15.4. The second-order valence-corrected chi connectivity index (χ2v) is 6.74. The van der Waals surface area contributed by atoms with Gasteiger partial charge >= 0.3 is 0 Å². The predicted octanol–water partition coefficient (Wildman–Crippen LogP) is 3.65. The highest BCUT2D eigenvalue weighted by molar-refractivity contribution is 5.76. The van der Waals surface area contributed by atoms with Gasteiger partial charge in [-0.1, -0.05) is 12.1 Å². The fourth-order valence-corrected chi connectivity index (χ4v) is 2.95. The second kappa shape index (κ2) is 9.73. The Morgan fingerprint density at radius 2 is 1.79 bits per heavy atom. The van der Waals surface area contributed by atoms with Crippen LogP contribution in [0.5, 0.6) is 11.5 Å². The van der Waals surface area contributed by atoms with Gasteiger partial charge in [0.05, 0.1) is 25.4 Å². The summed E-state index contributed by atoms with van der Waals surface area (Å²) in [5.41, 5.74) is 2.00. The summed E-state index contributed by atoms with van der Waals surface area (Å²) in [6.45, 7) is 2.52. The largest absolute Gasteiger partial charge is 0.497 e. The van der Waals surface area contributed by atoms with Crippen molar-refractivity contribution in [3.8, 4) is 17.2 Å². The van der Waals surface area contributed by atoms with Crippen LogP contribution in [0, 0.1) is 0 Å². The summed E-state index contributed by atoms with van der Waals surface area (Å²) < 4.78 is 12.5. The first-order valence-electron chi connectivity index (χ1n) is 9.56. The molecule has 3 rings (SSSR count). The van der Waals surface area contributed by atoms with E-state index in [-0.39, 0.29) is 11.9 Å². The van der Waals surface area contributed by atoms with Crippen molar-refractivity contribution in [1.29, 1.82) is 0 Å². The molecule has 1 amide bonds. The van der Waals surface area contributed by atoms with Gasteiger partial charge in [-0.2, -0.15) is 5.10 Å². The van der Waals surface area contributed by atoms with Gasteiger partial charge in [-0.15, -0.1) is 0 Å². The Bertz CT molecular complexity index is 893. The van der Waals surface area contributed by atoms with E-state index in [1.165, 1.54) is 6.33 Å². The summed E-state index contributed by atoms with van der Waals surface area (Å²) >= 11 is 0. The van der Waals surface area contributed by atoms with Crippen LogP contribution in [0.25, 0.3) is 5.69 Å². The van der Waals surface area contributed by atoms with Crippen LogP contribution < -0.4 is 9.47 Å². The normalized spacial score (nSPS) is 11.7. The fourth-order valence-electron chi connectivity index (χ4n) is 2.95. The van der Waals surface area contributed by atoms with Crippen LogP contribution in [0.4, 0.5) is 0 Å². The van der Waals surface area contributed by atoms with E-state index in [4.69, 9.17) is 9.47 Å². The number of carbonyl (C=O) groups excluding carboxylic acids is 1. The molecule has 1 aromatic heterocycles. The van der Waals surface area contributed by atoms with Crippen LogP contribution in [0.1, 0.15) is 31.4 Å². The SMILES string of the molecule is COc1ccc(OCCCC(=O)N(C)[C@@H](C)c2ccc(-n3cncn3)cc2)cc1. The van der Waals surface area contributed by atoms with Crippen molar-refractivity contribution in [2.24, 2.45) is 0 Å². The second-order valence-electron chi connectivity index (χ2n) is 6.74. The molecule has 0 aliphatic rings. The topological polar surface area (TPSA) is 69.5 Å². The Morgan fingerprint density at radius 3 is 2.41 bits per heavy atom. The number of nitrogens with zero attached hydrogens (tertiary/aromatic N) is 4. The molecule has 0 saturated carbocycles. The minimum Gasteiger partial charge on any atom is -0.497 e. The van der Waals surface area contributed by atoms with Crippen molar-refractivity contribution in [3.05, 3.63) is 66.7 Å². The van der Waals surface area contributed by atoms with Gasteiger partial charge in [0.1, 0.15) is 24.2 Å². The van der Waals surface area contributed by atoms with E-state index < -0.39 is 0 Å². The molecule has 0 unspecified atom stereocenters. The fraction of sp³-hybridized carbons (Fsp3) is 0.318. The van der Waals surface area contributed by atoms with Gasteiger partial charge in [-0.3, -0.25) is 4.79 Å². The molecule has 0 radical (unpaired) electrons. The van der Waals surface area contributed by atoms with Crippen molar-refractivity contribution >= 4 is 5.91 Å². The van der Waals surface area contributed by atoms with E-state index in [1.54, 1.807) is 23.0 Å². The van der Waals surface area contributed by atoms with Gasteiger partial charge in [0.15, 0.2) is 0 Å². The van der Waals surface area contributed by atoms with E-state index in [1.807, 2.05) is 62.5 Å². The highest BCUT2D eigenvalue weighted by Crippen LogP contribution is 2.21. The van der Waals surface area contributed by atoms with Gasteiger partial charge in [0, 0.05) is 13.5 Å². The number of aromatic nitrogens is 3. The van der Waals surface area contributed by atoms with Crippen molar-refractivity contribution in [2.45, 2.75) is 25.8 Å². The van der Waals surface area contributed by atoms with Crippen LogP contribution in [0.3, 0.4) is 0 Å². The van der Waals surface area contributed by atoms with Crippen molar-refractivity contribution in [2.75, 3.05) is 20.8 Å². The molecule has 7 heteroatoms. The Hall–Kier alpha value is -3.35. The number of methoxy groups -OCH3 is 1. The third kappa shape index (κ3) is 5.34. The number of hydrogen-bond acceptors (Lipinski definition) is 5. The number of hydrogen-bond donors (Lipinski definition) is 0. The summed E-state index contributed by atoms with van der Waals surface area (Å²) in [5.74, 6) is 1.65. The van der Waals surface area contributed by atoms with Crippen LogP contribution in [-0.2, 0) is 4.79 Å². The number of carbonyl (C=O) groups is 1. The summed E-state index contributed by atoms with van der Waals surface area (Å²) in [7, 11) is 3.47. The molecule has 0 saturated heterocycles. The lowest BCUT2D eigenvalue weighted by Gasteiger charge is -2.25. The molecule has 1 atom stereocenters. The molecule has 0 fully saturated rings. The molecule has 0 aliphatic heterocycles. The first kappa shape index (κ1) is 20.4. The maximum atomic E-state index is 12.5. The monoisotopic (exact) mass is 394 g/mol. The molecular formula is C22H26N4O3.